The third-order valence-electron chi connectivity index (χ3n) is 4.83. The van der Waals surface area contributed by atoms with E-state index in [4.69, 9.17) is 4.74 Å². The molecule has 1 atom stereocenters. The monoisotopic (exact) mass is 293 g/mol. The normalized spacial score (nSPS) is 19.0. The van der Waals surface area contributed by atoms with E-state index in [1.54, 1.807) is 0 Å². The molecule has 1 N–H and O–H groups in total. The van der Waals surface area contributed by atoms with Gasteiger partial charge in [-0.25, -0.2) is 0 Å². The van der Waals surface area contributed by atoms with Gasteiger partial charge in [0.05, 0.1) is 11.3 Å². The zero-order valence-electron chi connectivity index (χ0n) is 14.1. The van der Waals surface area contributed by atoms with Gasteiger partial charge in [-0.05, 0) is 45.7 Å². The lowest BCUT2D eigenvalue weighted by Crippen LogP contribution is -2.52. The molecule has 4 heteroatoms. The first-order valence-corrected chi connectivity index (χ1v) is 8.47. The number of aryl methyl sites for hydroxylation is 2. The van der Waals surface area contributed by atoms with Crippen molar-refractivity contribution in [2.45, 2.75) is 77.5 Å². The average molecular weight is 293 g/mol. The second-order valence-electron chi connectivity index (χ2n) is 6.28. The van der Waals surface area contributed by atoms with E-state index in [-0.39, 0.29) is 5.60 Å². The summed E-state index contributed by atoms with van der Waals surface area (Å²) in [5.41, 5.74) is 2.44. The largest absolute Gasteiger partial charge is 0.377 e. The Morgan fingerprint density at radius 1 is 1.38 bits per heavy atom. The number of aromatic nitrogens is 2. The molecule has 0 aliphatic heterocycles. The maximum atomic E-state index is 6.02. The molecule has 0 spiro atoms. The Kier molecular flexibility index (Phi) is 5.82. The molecule has 0 aromatic carbocycles. The van der Waals surface area contributed by atoms with E-state index in [9.17, 15) is 0 Å². The molecule has 1 saturated carbocycles. The minimum absolute atomic E-state index is 0.00587. The smallest absolute Gasteiger partial charge is 0.0834 e. The maximum Gasteiger partial charge on any atom is 0.0834 e. The molecule has 4 nitrogen and oxygen atoms in total. The van der Waals surface area contributed by atoms with Gasteiger partial charge in [0.2, 0.25) is 0 Å². The van der Waals surface area contributed by atoms with Crippen LogP contribution < -0.4 is 5.32 Å². The molecule has 0 saturated heterocycles. The highest BCUT2D eigenvalue weighted by atomic mass is 16.5. The Hall–Kier alpha value is -0.870. The van der Waals surface area contributed by atoms with Crippen LogP contribution >= 0.6 is 0 Å². The van der Waals surface area contributed by atoms with Crippen molar-refractivity contribution in [2.75, 3.05) is 13.7 Å². The summed E-state index contributed by atoms with van der Waals surface area (Å²) in [5, 5.41) is 8.33. The van der Waals surface area contributed by atoms with Crippen LogP contribution in [0.2, 0.25) is 0 Å². The van der Waals surface area contributed by atoms with Gasteiger partial charge in [0.15, 0.2) is 0 Å². The summed E-state index contributed by atoms with van der Waals surface area (Å²) in [6.07, 6.45) is 7.06. The molecular formula is C17H31N3O. The third kappa shape index (κ3) is 3.67. The number of hydrogen-bond acceptors (Lipinski definition) is 3. The van der Waals surface area contributed by atoms with Gasteiger partial charge < -0.3 is 10.1 Å². The first-order chi connectivity index (χ1) is 10.1. The molecule has 1 aromatic rings. The Bertz CT molecular complexity index is 435. The van der Waals surface area contributed by atoms with Gasteiger partial charge in [-0.15, -0.1) is 0 Å². The van der Waals surface area contributed by atoms with Crippen molar-refractivity contribution in [1.82, 2.24) is 15.1 Å². The highest BCUT2D eigenvalue weighted by Gasteiger charge is 2.41. The fraction of sp³-hybridized carbons (Fsp3) is 0.824. The molecule has 1 aliphatic rings. The van der Waals surface area contributed by atoms with Crippen molar-refractivity contribution < 1.29 is 4.74 Å². The molecule has 1 aliphatic carbocycles. The van der Waals surface area contributed by atoms with Crippen LogP contribution in [0.25, 0.3) is 0 Å². The van der Waals surface area contributed by atoms with Crippen LogP contribution in [0.1, 0.15) is 57.3 Å². The average Bonchev–Trinajstić information content (AvgIpc) is 3.10. The maximum absolute atomic E-state index is 6.02. The number of rotatable bonds is 8. The summed E-state index contributed by atoms with van der Waals surface area (Å²) < 4.78 is 8.15. The summed E-state index contributed by atoms with van der Waals surface area (Å²) in [4.78, 5) is 0. The number of hydrogen-bond donors (Lipinski definition) is 1. The van der Waals surface area contributed by atoms with E-state index in [1.807, 2.05) is 7.11 Å². The summed E-state index contributed by atoms with van der Waals surface area (Å²) in [6.45, 7) is 8.44. The minimum atomic E-state index is 0.00587. The molecule has 21 heavy (non-hydrogen) atoms. The van der Waals surface area contributed by atoms with Crippen LogP contribution in [0, 0.1) is 6.92 Å². The van der Waals surface area contributed by atoms with Crippen LogP contribution in [0.15, 0.2) is 6.07 Å². The van der Waals surface area contributed by atoms with Gasteiger partial charge in [0.25, 0.3) is 0 Å². The van der Waals surface area contributed by atoms with Gasteiger partial charge >= 0.3 is 0 Å². The van der Waals surface area contributed by atoms with Crippen LogP contribution in [0.3, 0.4) is 0 Å². The lowest BCUT2D eigenvalue weighted by atomic mass is 9.88. The number of nitrogens with one attached hydrogen (secondary N) is 1. The second-order valence-corrected chi connectivity index (χ2v) is 6.28. The molecule has 1 fully saturated rings. The van der Waals surface area contributed by atoms with Crippen molar-refractivity contribution in [1.29, 1.82) is 0 Å². The van der Waals surface area contributed by atoms with Crippen molar-refractivity contribution >= 4 is 0 Å². The Balaban J connectivity index is 2.19. The Labute approximate surface area is 129 Å². The van der Waals surface area contributed by atoms with Crippen molar-refractivity contribution in [3.63, 3.8) is 0 Å². The van der Waals surface area contributed by atoms with Gasteiger partial charge in [-0.2, -0.15) is 5.10 Å². The highest BCUT2D eigenvalue weighted by molar-refractivity contribution is 5.13. The molecule has 1 aromatic heterocycles. The zero-order valence-corrected chi connectivity index (χ0v) is 14.1. The quantitative estimate of drug-likeness (QED) is 0.800. The molecule has 1 unspecified atom stereocenters. The standard InChI is InChI=1S/C17H31N3O/c1-5-11-18-16(17(21-4)9-7-8-10-17)13-15-12-14(3)19-20(15)6-2/h12,16,18H,5-11,13H2,1-4H3. The van der Waals surface area contributed by atoms with Gasteiger partial charge in [-0.1, -0.05) is 19.8 Å². The lowest BCUT2D eigenvalue weighted by Gasteiger charge is -2.37. The van der Waals surface area contributed by atoms with Gasteiger partial charge in [-0.3, -0.25) is 4.68 Å². The van der Waals surface area contributed by atoms with E-state index < -0.39 is 0 Å². The lowest BCUT2D eigenvalue weighted by molar-refractivity contribution is -0.0359. The van der Waals surface area contributed by atoms with Crippen molar-refractivity contribution in [2.24, 2.45) is 0 Å². The molecular weight excluding hydrogens is 262 g/mol. The predicted molar refractivity (Wildman–Crippen MR) is 86.6 cm³/mol. The first-order valence-electron chi connectivity index (χ1n) is 8.47. The molecule has 0 bridgehead atoms. The van der Waals surface area contributed by atoms with Crippen molar-refractivity contribution in [3.05, 3.63) is 17.5 Å². The fourth-order valence-corrected chi connectivity index (χ4v) is 3.68. The zero-order chi connectivity index (χ0) is 15.3. The van der Waals surface area contributed by atoms with Gasteiger partial charge in [0.1, 0.15) is 0 Å². The van der Waals surface area contributed by atoms with Crippen LogP contribution in [0.5, 0.6) is 0 Å². The molecule has 1 heterocycles. The molecule has 0 amide bonds. The van der Waals surface area contributed by atoms with Gasteiger partial charge in [0, 0.05) is 31.8 Å². The SMILES string of the molecule is CCCNC(Cc1cc(C)nn1CC)C1(OC)CCCC1. The summed E-state index contributed by atoms with van der Waals surface area (Å²) in [5.74, 6) is 0. The third-order valence-corrected chi connectivity index (χ3v) is 4.83. The van der Waals surface area contributed by atoms with E-state index in [1.165, 1.54) is 31.4 Å². The van der Waals surface area contributed by atoms with Crippen LogP contribution in [-0.4, -0.2) is 35.1 Å². The van der Waals surface area contributed by atoms with Crippen molar-refractivity contribution in [3.8, 4) is 0 Å². The van der Waals surface area contributed by atoms with E-state index in [0.717, 1.165) is 31.6 Å². The topological polar surface area (TPSA) is 39.1 Å². The summed E-state index contributed by atoms with van der Waals surface area (Å²) in [7, 11) is 1.88. The van der Waals surface area contributed by atoms with Crippen LogP contribution in [0.4, 0.5) is 0 Å². The molecule has 120 valence electrons. The Morgan fingerprint density at radius 3 is 2.67 bits per heavy atom. The first kappa shape index (κ1) is 16.5. The molecule has 2 rings (SSSR count). The predicted octanol–water partition coefficient (Wildman–Crippen LogP) is 3.08. The number of methoxy groups -OCH3 is 1. The summed E-state index contributed by atoms with van der Waals surface area (Å²) in [6, 6.07) is 2.61. The summed E-state index contributed by atoms with van der Waals surface area (Å²) >= 11 is 0. The highest BCUT2D eigenvalue weighted by Crippen LogP contribution is 2.37. The minimum Gasteiger partial charge on any atom is -0.377 e. The number of nitrogens with zero attached hydrogens (tertiary/aromatic N) is 2. The van der Waals surface area contributed by atoms with E-state index >= 15 is 0 Å². The van der Waals surface area contributed by atoms with E-state index in [2.05, 4.69) is 41.9 Å². The number of ether oxygens (including phenoxy) is 1. The van der Waals surface area contributed by atoms with E-state index in [0.29, 0.717) is 6.04 Å². The molecule has 0 radical (unpaired) electrons. The Morgan fingerprint density at radius 2 is 2.10 bits per heavy atom. The van der Waals surface area contributed by atoms with Crippen LogP contribution in [-0.2, 0) is 17.7 Å². The second kappa shape index (κ2) is 7.41. The fourth-order valence-electron chi connectivity index (χ4n) is 3.68.